The summed E-state index contributed by atoms with van der Waals surface area (Å²) in [6.07, 6.45) is 11.8. The fourth-order valence-corrected chi connectivity index (χ4v) is 3.77. The molecule has 1 N–H and O–H groups in total. The monoisotopic (exact) mass is 267 g/mol. The van der Waals surface area contributed by atoms with Gasteiger partial charge in [0.15, 0.2) is 0 Å². The number of rotatable bonds is 4. The van der Waals surface area contributed by atoms with Crippen molar-refractivity contribution in [1.82, 2.24) is 5.32 Å². The van der Waals surface area contributed by atoms with Gasteiger partial charge in [-0.05, 0) is 38.0 Å². The van der Waals surface area contributed by atoms with Crippen molar-refractivity contribution in [2.75, 3.05) is 0 Å². The van der Waals surface area contributed by atoms with Crippen LogP contribution in [0.25, 0.3) is 0 Å². The molecule has 0 aromatic rings. The minimum atomic E-state index is 0.101. The van der Waals surface area contributed by atoms with Gasteiger partial charge in [-0.25, -0.2) is 0 Å². The Morgan fingerprint density at radius 2 is 1.95 bits per heavy atom. The van der Waals surface area contributed by atoms with E-state index in [1.807, 2.05) is 0 Å². The van der Waals surface area contributed by atoms with Crippen LogP contribution >= 0.6 is 0 Å². The Bertz CT molecular complexity index is 286. The van der Waals surface area contributed by atoms with Crippen LogP contribution in [0, 0.1) is 5.92 Å². The standard InChI is InChI=1S/C16H29NO2/c1-3-7-15-10-14(17-12(2)18)11-16(19-15)13-8-5-4-6-9-13/h13-16H,3-11H2,1-2H3,(H,17,18)/t14-,15+,16+/m1/s1. The quantitative estimate of drug-likeness (QED) is 0.847. The summed E-state index contributed by atoms with van der Waals surface area (Å²) in [5.74, 6) is 0.828. The van der Waals surface area contributed by atoms with Gasteiger partial charge in [-0.1, -0.05) is 32.6 Å². The second-order valence-electron chi connectivity index (χ2n) is 6.35. The molecule has 0 radical (unpaired) electrons. The predicted molar refractivity (Wildman–Crippen MR) is 77.0 cm³/mol. The topological polar surface area (TPSA) is 38.3 Å². The largest absolute Gasteiger partial charge is 0.375 e. The molecule has 1 aliphatic carbocycles. The Balaban J connectivity index is 1.94. The van der Waals surface area contributed by atoms with E-state index in [-0.39, 0.29) is 5.91 Å². The minimum absolute atomic E-state index is 0.101. The zero-order valence-corrected chi connectivity index (χ0v) is 12.5. The van der Waals surface area contributed by atoms with Crippen molar-refractivity contribution in [3.05, 3.63) is 0 Å². The van der Waals surface area contributed by atoms with Crippen LogP contribution in [0.5, 0.6) is 0 Å². The zero-order valence-electron chi connectivity index (χ0n) is 12.5. The fourth-order valence-electron chi connectivity index (χ4n) is 3.77. The lowest BCUT2D eigenvalue weighted by Gasteiger charge is -2.40. The molecule has 0 bridgehead atoms. The van der Waals surface area contributed by atoms with Gasteiger partial charge in [-0.15, -0.1) is 0 Å². The summed E-state index contributed by atoms with van der Waals surface area (Å²) in [5, 5.41) is 3.12. The Labute approximate surface area is 117 Å². The van der Waals surface area contributed by atoms with Gasteiger partial charge in [0.25, 0.3) is 0 Å². The van der Waals surface area contributed by atoms with Crippen LogP contribution in [0.4, 0.5) is 0 Å². The van der Waals surface area contributed by atoms with Gasteiger partial charge in [0.2, 0.25) is 5.91 Å². The Hall–Kier alpha value is -0.570. The van der Waals surface area contributed by atoms with Crippen LogP contribution in [0.15, 0.2) is 0 Å². The number of amides is 1. The first-order chi connectivity index (χ1) is 9.19. The maximum atomic E-state index is 11.3. The first kappa shape index (κ1) is 14.8. The van der Waals surface area contributed by atoms with E-state index >= 15 is 0 Å². The second kappa shape index (κ2) is 7.28. The van der Waals surface area contributed by atoms with Gasteiger partial charge in [0.1, 0.15) is 0 Å². The molecule has 1 aliphatic heterocycles. The SMILES string of the molecule is CCC[C@H]1C[C@@H](NC(C)=O)C[C@@H](C2CCCCC2)O1. The van der Waals surface area contributed by atoms with E-state index in [1.165, 1.54) is 32.1 Å². The third-order valence-corrected chi connectivity index (χ3v) is 4.63. The molecule has 1 amide bonds. The van der Waals surface area contributed by atoms with Crippen LogP contribution in [-0.4, -0.2) is 24.2 Å². The normalized spacial score (nSPS) is 33.1. The summed E-state index contributed by atoms with van der Waals surface area (Å²) in [4.78, 5) is 11.3. The molecule has 2 rings (SSSR count). The summed E-state index contributed by atoms with van der Waals surface area (Å²) in [5.41, 5.74) is 0. The van der Waals surface area contributed by atoms with Gasteiger partial charge in [0, 0.05) is 13.0 Å². The number of ether oxygens (including phenoxy) is 1. The zero-order chi connectivity index (χ0) is 13.7. The van der Waals surface area contributed by atoms with Crippen LogP contribution in [0.2, 0.25) is 0 Å². The molecular formula is C16H29NO2. The fraction of sp³-hybridized carbons (Fsp3) is 0.938. The molecule has 0 spiro atoms. The summed E-state index contributed by atoms with van der Waals surface area (Å²) in [6.45, 7) is 3.83. The molecule has 3 nitrogen and oxygen atoms in total. The van der Waals surface area contributed by atoms with Crippen LogP contribution in [0.3, 0.4) is 0 Å². The molecule has 1 heterocycles. The van der Waals surface area contributed by atoms with Crippen molar-refractivity contribution in [2.24, 2.45) is 5.92 Å². The molecule has 2 aliphatic rings. The molecular weight excluding hydrogens is 238 g/mol. The van der Waals surface area contributed by atoms with Gasteiger partial charge in [-0.2, -0.15) is 0 Å². The minimum Gasteiger partial charge on any atom is -0.375 e. The van der Waals surface area contributed by atoms with Crippen molar-refractivity contribution in [3.63, 3.8) is 0 Å². The predicted octanol–water partition coefficient (Wildman–Crippen LogP) is 3.42. The highest BCUT2D eigenvalue weighted by Gasteiger charge is 2.34. The molecule has 0 unspecified atom stereocenters. The Morgan fingerprint density at radius 3 is 2.58 bits per heavy atom. The molecule has 0 aromatic heterocycles. The van der Waals surface area contributed by atoms with Crippen LogP contribution in [-0.2, 0) is 9.53 Å². The lowest BCUT2D eigenvalue weighted by atomic mass is 9.81. The van der Waals surface area contributed by atoms with Gasteiger partial charge in [-0.3, -0.25) is 4.79 Å². The van der Waals surface area contributed by atoms with Gasteiger partial charge < -0.3 is 10.1 Å². The number of hydrogen-bond donors (Lipinski definition) is 1. The van der Waals surface area contributed by atoms with Crippen LogP contribution in [0.1, 0.15) is 71.6 Å². The number of carbonyl (C=O) groups is 1. The first-order valence-corrected chi connectivity index (χ1v) is 8.11. The summed E-state index contributed by atoms with van der Waals surface area (Å²) < 4.78 is 6.33. The van der Waals surface area contributed by atoms with E-state index in [4.69, 9.17) is 4.74 Å². The molecule has 19 heavy (non-hydrogen) atoms. The Morgan fingerprint density at radius 1 is 1.21 bits per heavy atom. The average Bonchev–Trinajstić information content (AvgIpc) is 2.39. The molecule has 0 aromatic carbocycles. The average molecular weight is 267 g/mol. The smallest absolute Gasteiger partial charge is 0.217 e. The highest BCUT2D eigenvalue weighted by molar-refractivity contribution is 5.73. The van der Waals surface area contributed by atoms with Crippen molar-refractivity contribution < 1.29 is 9.53 Å². The van der Waals surface area contributed by atoms with E-state index in [1.54, 1.807) is 6.92 Å². The lowest BCUT2D eigenvalue weighted by molar-refractivity contribution is -0.124. The number of hydrogen-bond acceptors (Lipinski definition) is 2. The van der Waals surface area contributed by atoms with Crippen molar-refractivity contribution in [1.29, 1.82) is 0 Å². The second-order valence-corrected chi connectivity index (χ2v) is 6.35. The molecule has 110 valence electrons. The van der Waals surface area contributed by atoms with E-state index < -0.39 is 0 Å². The lowest BCUT2D eigenvalue weighted by Crippen LogP contribution is -2.47. The summed E-state index contributed by atoms with van der Waals surface area (Å²) in [6, 6.07) is 0.328. The van der Waals surface area contributed by atoms with Gasteiger partial charge >= 0.3 is 0 Å². The maximum Gasteiger partial charge on any atom is 0.217 e. The van der Waals surface area contributed by atoms with E-state index in [0.717, 1.165) is 31.6 Å². The maximum absolute atomic E-state index is 11.3. The number of carbonyl (C=O) groups excluding carboxylic acids is 1. The molecule has 1 saturated heterocycles. The third kappa shape index (κ3) is 4.48. The van der Waals surface area contributed by atoms with Crippen molar-refractivity contribution in [3.8, 4) is 0 Å². The Kier molecular flexibility index (Phi) is 5.68. The highest BCUT2D eigenvalue weighted by Crippen LogP contribution is 2.34. The summed E-state index contributed by atoms with van der Waals surface area (Å²) in [7, 11) is 0. The van der Waals surface area contributed by atoms with Crippen molar-refractivity contribution >= 4 is 5.91 Å². The molecule has 3 heteroatoms. The molecule has 3 atom stereocenters. The molecule has 1 saturated carbocycles. The van der Waals surface area contributed by atoms with E-state index in [2.05, 4.69) is 12.2 Å². The third-order valence-electron chi connectivity index (χ3n) is 4.63. The molecule has 2 fully saturated rings. The summed E-state index contributed by atoms with van der Waals surface area (Å²) >= 11 is 0. The van der Waals surface area contributed by atoms with Gasteiger partial charge in [0.05, 0.1) is 12.2 Å². The van der Waals surface area contributed by atoms with Crippen molar-refractivity contribution in [2.45, 2.75) is 89.9 Å². The first-order valence-electron chi connectivity index (χ1n) is 8.11. The highest BCUT2D eigenvalue weighted by atomic mass is 16.5. The van der Waals surface area contributed by atoms with E-state index in [9.17, 15) is 4.79 Å². The number of nitrogens with one attached hydrogen (secondary N) is 1. The van der Waals surface area contributed by atoms with E-state index in [0.29, 0.717) is 18.2 Å². The van der Waals surface area contributed by atoms with Crippen LogP contribution < -0.4 is 5.32 Å².